The van der Waals surface area contributed by atoms with Crippen molar-refractivity contribution in [2.75, 3.05) is 12.4 Å². The van der Waals surface area contributed by atoms with Gasteiger partial charge >= 0.3 is 6.18 Å². The fraction of sp³-hybridized carbons (Fsp3) is 0.545. The molecule has 8 heteroatoms. The molecule has 2 atom stereocenters. The van der Waals surface area contributed by atoms with E-state index in [9.17, 15) is 18.0 Å². The smallest absolute Gasteiger partial charge is 0.363 e. The van der Waals surface area contributed by atoms with Crippen LogP contribution in [0.2, 0.25) is 0 Å². The Balaban J connectivity index is 1.67. The Morgan fingerprint density at radius 2 is 1.83 bits per heavy atom. The summed E-state index contributed by atoms with van der Waals surface area (Å²) in [5.74, 6) is -0.122. The lowest BCUT2D eigenvalue weighted by Crippen LogP contribution is -2.39. The van der Waals surface area contributed by atoms with Crippen LogP contribution in [0.15, 0.2) is 30.5 Å². The number of nitrogens with one attached hydrogen (secondary N) is 1. The van der Waals surface area contributed by atoms with Crippen LogP contribution >= 0.6 is 0 Å². The van der Waals surface area contributed by atoms with Crippen LogP contribution in [0.4, 0.5) is 19.0 Å². The fourth-order valence-electron chi connectivity index (χ4n) is 4.56. The zero-order chi connectivity index (χ0) is 21.5. The molecule has 1 fully saturated rings. The molecule has 0 saturated heterocycles. The zero-order valence-electron chi connectivity index (χ0n) is 17.2. The van der Waals surface area contributed by atoms with Crippen LogP contribution in [0.25, 0.3) is 0 Å². The summed E-state index contributed by atoms with van der Waals surface area (Å²) in [7, 11) is 1.74. The summed E-state index contributed by atoms with van der Waals surface area (Å²) in [6.45, 7) is 1.93. The molecule has 1 aliphatic carbocycles. The van der Waals surface area contributed by atoms with Gasteiger partial charge in [0.05, 0.1) is 12.2 Å². The van der Waals surface area contributed by atoms with Crippen LogP contribution in [-0.4, -0.2) is 39.9 Å². The summed E-state index contributed by atoms with van der Waals surface area (Å²) < 4.78 is 42.5. The van der Waals surface area contributed by atoms with Crippen molar-refractivity contribution < 1.29 is 18.0 Å². The molecule has 4 rings (SSSR count). The molecule has 1 aromatic carbocycles. The fourth-order valence-corrected chi connectivity index (χ4v) is 4.56. The first-order chi connectivity index (χ1) is 14.3. The van der Waals surface area contributed by atoms with Gasteiger partial charge in [-0.1, -0.05) is 49.1 Å². The highest BCUT2D eigenvalue weighted by molar-refractivity contribution is 5.99. The van der Waals surface area contributed by atoms with Gasteiger partial charge in [0.1, 0.15) is 11.4 Å². The molecule has 0 radical (unpaired) electrons. The highest BCUT2D eigenvalue weighted by Gasteiger charge is 2.47. The van der Waals surface area contributed by atoms with Crippen LogP contribution in [0.1, 0.15) is 72.1 Å². The SMILES string of the molecule is Cc1ccc([C@@H]2C[C@@H](C(F)(F)F)n3ncc(C(=O)N(C)C4CCCCC4)c3N2)cc1. The molecule has 0 bridgehead atoms. The maximum absolute atomic E-state index is 13.8. The minimum atomic E-state index is -4.46. The van der Waals surface area contributed by atoms with Crippen LogP contribution < -0.4 is 5.32 Å². The Labute approximate surface area is 174 Å². The van der Waals surface area contributed by atoms with E-state index < -0.39 is 18.3 Å². The molecular formula is C22H27F3N4O. The Hall–Kier alpha value is -2.51. The van der Waals surface area contributed by atoms with Gasteiger partial charge in [-0.25, -0.2) is 4.68 Å². The van der Waals surface area contributed by atoms with Gasteiger partial charge in [0.15, 0.2) is 6.04 Å². The molecule has 1 amide bonds. The predicted octanol–water partition coefficient (Wildman–Crippen LogP) is 5.26. The summed E-state index contributed by atoms with van der Waals surface area (Å²) in [6, 6.07) is 5.24. The van der Waals surface area contributed by atoms with Gasteiger partial charge in [-0.15, -0.1) is 0 Å². The number of benzene rings is 1. The summed E-state index contributed by atoms with van der Waals surface area (Å²) in [5.41, 5.74) is 2.01. The molecule has 0 unspecified atom stereocenters. The molecule has 2 aliphatic rings. The van der Waals surface area contributed by atoms with E-state index in [-0.39, 0.29) is 29.8 Å². The Kier molecular flexibility index (Phi) is 5.51. The van der Waals surface area contributed by atoms with Crippen molar-refractivity contribution >= 4 is 11.7 Å². The van der Waals surface area contributed by atoms with Crippen molar-refractivity contribution in [1.82, 2.24) is 14.7 Å². The summed E-state index contributed by atoms with van der Waals surface area (Å²) in [4.78, 5) is 14.8. The lowest BCUT2D eigenvalue weighted by atomic mass is 9.94. The van der Waals surface area contributed by atoms with Crippen LogP contribution in [0.3, 0.4) is 0 Å². The lowest BCUT2D eigenvalue weighted by molar-refractivity contribution is -0.173. The number of nitrogens with zero attached hydrogens (tertiary/aromatic N) is 3. The van der Waals surface area contributed by atoms with Gasteiger partial charge in [-0.3, -0.25) is 4.79 Å². The van der Waals surface area contributed by atoms with Crippen LogP contribution in [-0.2, 0) is 0 Å². The van der Waals surface area contributed by atoms with Crippen molar-refractivity contribution in [3.63, 3.8) is 0 Å². The third-order valence-corrected chi connectivity index (χ3v) is 6.39. The minimum absolute atomic E-state index is 0.122. The molecule has 1 aromatic heterocycles. The maximum Gasteiger partial charge on any atom is 0.410 e. The van der Waals surface area contributed by atoms with Crippen molar-refractivity contribution in [3.05, 3.63) is 47.2 Å². The number of aryl methyl sites for hydroxylation is 1. The first-order valence-corrected chi connectivity index (χ1v) is 10.5. The summed E-state index contributed by atoms with van der Waals surface area (Å²) >= 11 is 0. The minimum Gasteiger partial charge on any atom is -0.363 e. The molecule has 1 saturated carbocycles. The van der Waals surface area contributed by atoms with E-state index in [1.807, 2.05) is 31.2 Å². The molecule has 30 heavy (non-hydrogen) atoms. The molecule has 5 nitrogen and oxygen atoms in total. The topological polar surface area (TPSA) is 50.2 Å². The highest BCUT2D eigenvalue weighted by atomic mass is 19.4. The number of hydrogen-bond donors (Lipinski definition) is 1. The van der Waals surface area contributed by atoms with Gasteiger partial charge in [-0.2, -0.15) is 18.3 Å². The second-order valence-electron chi connectivity index (χ2n) is 8.46. The third-order valence-electron chi connectivity index (χ3n) is 6.39. The van der Waals surface area contributed by atoms with E-state index in [0.717, 1.165) is 47.9 Å². The maximum atomic E-state index is 13.8. The number of hydrogen-bond acceptors (Lipinski definition) is 3. The van der Waals surface area contributed by atoms with Crippen molar-refractivity contribution in [2.24, 2.45) is 0 Å². The van der Waals surface area contributed by atoms with Gasteiger partial charge in [0.2, 0.25) is 0 Å². The summed E-state index contributed by atoms with van der Waals surface area (Å²) in [6.07, 6.45) is 1.80. The number of alkyl halides is 3. The predicted molar refractivity (Wildman–Crippen MR) is 108 cm³/mol. The van der Waals surface area contributed by atoms with Gasteiger partial charge < -0.3 is 10.2 Å². The number of fused-ring (bicyclic) bond motifs is 1. The van der Waals surface area contributed by atoms with E-state index >= 15 is 0 Å². The van der Waals surface area contributed by atoms with E-state index in [4.69, 9.17) is 0 Å². The third kappa shape index (κ3) is 3.91. The first-order valence-electron chi connectivity index (χ1n) is 10.5. The number of carbonyl (C=O) groups excluding carboxylic acids is 1. The highest BCUT2D eigenvalue weighted by Crippen LogP contribution is 2.44. The number of aromatic nitrogens is 2. The molecule has 162 valence electrons. The van der Waals surface area contributed by atoms with Crippen molar-refractivity contribution in [2.45, 2.75) is 69.8 Å². The number of carbonyl (C=O) groups is 1. The quantitative estimate of drug-likeness (QED) is 0.737. The van der Waals surface area contributed by atoms with Crippen LogP contribution in [0.5, 0.6) is 0 Å². The number of anilines is 1. The van der Waals surface area contributed by atoms with Crippen LogP contribution in [0, 0.1) is 6.92 Å². The second kappa shape index (κ2) is 7.96. The normalized spacial score (nSPS) is 22.3. The second-order valence-corrected chi connectivity index (χ2v) is 8.46. The van der Waals surface area contributed by atoms with Crippen molar-refractivity contribution in [1.29, 1.82) is 0 Å². The van der Waals surface area contributed by atoms with Crippen molar-refractivity contribution in [3.8, 4) is 0 Å². The average molecular weight is 420 g/mol. The van der Waals surface area contributed by atoms with Gasteiger partial charge in [0, 0.05) is 19.5 Å². The first kappa shape index (κ1) is 20.8. The largest absolute Gasteiger partial charge is 0.410 e. The van der Waals surface area contributed by atoms with Gasteiger partial charge in [-0.05, 0) is 25.3 Å². The number of halogens is 3. The lowest BCUT2D eigenvalue weighted by Gasteiger charge is -2.35. The van der Waals surface area contributed by atoms with Gasteiger partial charge in [0.25, 0.3) is 5.91 Å². The zero-order valence-corrected chi connectivity index (χ0v) is 17.2. The molecule has 2 aromatic rings. The van der Waals surface area contributed by atoms with E-state index in [1.165, 1.54) is 6.20 Å². The average Bonchev–Trinajstić information content (AvgIpc) is 3.16. The molecule has 2 heterocycles. The molecule has 1 N–H and O–H groups in total. The van der Waals surface area contributed by atoms with E-state index in [0.29, 0.717) is 0 Å². The molecule has 0 spiro atoms. The van der Waals surface area contributed by atoms with E-state index in [1.54, 1.807) is 11.9 Å². The Morgan fingerprint density at radius 3 is 2.47 bits per heavy atom. The van der Waals surface area contributed by atoms with E-state index in [2.05, 4.69) is 10.4 Å². The monoisotopic (exact) mass is 420 g/mol. The molecular weight excluding hydrogens is 393 g/mol. The summed E-state index contributed by atoms with van der Waals surface area (Å²) in [5, 5.41) is 7.16. The number of amides is 1. The molecule has 1 aliphatic heterocycles. The Morgan fingerprint density at radius 1 is 1.17 bits per heavy atom. The standard InChI is InChI=1S/C22H27F3N4O/c1-14-8-10-15(11-9-14)18-12-19(22(23,24)25)29-20(27-18)17(13-26-29)21(30)28(2)16-6-4-3-5-7-16/h8-11,13,16,18-19,27H,3-7,12H2,1-2H3/t18-,19-/m0/s1. The Bertz CT molecular complexity index is 900. The number of rotatable bonds is 3.